The third-order valence-electron chi connectivity index (χ3n) is 4.91. The van der Waals surface area contributed by atoms with Crippen molar-refractivity contribution in [3.8, 4) is 0 Å². The highest BCUT2D eigenvalue weighted by Crippen LogP contribution is 2.22. The van der Waals surface area contributed by atoms with Gasteiger partial charge in [-0.25, -0.2) is 4.68 Å². The zero-order valence-electron chi connectivity index (χ0n) is 18.1. The van der Waals surface area contributed by atoms with E-state index >= 15 is 0 Å². The van der Waals surface area contributed by atoms with Crippen molar-refractivity contribution < 1.29 is 9.53 Å². The van der Waals surface area contributed by atoms with Gasteiger partial charge in [-0.2, -0.15) is 5.10 Å². The number of aromatic nitrogens is 3. The van der Waals surface area contributed by atoms with Crippen molar-refractivity contribution in [3.05, 3.63) is 88.0 Å². The van der Waals surface area contributed by atoms with Crippen LogP contribution in [0.25, 0.3) is 6.08 Å². The van der Waals surface area contributed by atoms with Crippen molar-refractivity contribution in [2.45, 2.75) is 26.9 Å². The molecule has 0 aliphatic heterocycles. The highest BCUT2D eigenvalue weighted by molar-refractivity contribution is 6.31. The van der Waals surface area contributed by atoms with Crippen LogP contribution in [-0.4, -0.2) is 45.8 Å². The molecule has 2 aromatic heterocycles. The van der Waals surface area contributed by atoms with Crippen molar-refractivity contribution >= 4 is 23.6 Å². The van der Waals surface area contributed by atoms with Crippen molar-refractivity contribution in [3.63, 3.8) is 0 Å². The summed E-state index contributed by atoms with van der Waals surface area (Å²) in [4.78, 5) is 18.9. The van der Waals surface area contributed by atoms with Gasteiger partial charge < -0.3 is 9.64 Å². The molecule has 0 bridgehead atoms. The van der Waals surface area contributed by atoms with Crippen LogP contribution < -0.4 is 0 Å². The Kier molecular flexibility index (Phi) is 7.98. The maximum atomic E-state index is 12.9. The largest absolute Gasteiger partial charge is 0.383 e. The highest BCUT2D eigenvalue weighted by atomic mass is 35.5. The number of rotatable bonds is 9. The number of carbonyl (C=O) groups is 1. The summed E-state index contributed by atoms with van der Waals surface area (Å²) in [6, 6.07) is 13.9. The Balaban J connectivity index is 1.74. The summed E-state index contributed by atoms with van der Waals surface area (Å²) in [6.45, 7) is 5.83. The average Bonchev–Trinajstić information content (AvgIpc) is 3.04. The Bertz CT molecular complexity index is 1030. The van der Waals surface area contributed by atoms with Gasteiger partial charge in [-0.1, -0.05) is 47.5 Å². The Morgan fingerprint density at radius 2 is 1.97 bits per heavy atom. The highest BCUT2D eigenvalue weighted by Gasteiger charge is 2.15. The number of carbonyl (C=O) groups excluding carboxylic acids is 1. The Labute approximate surface area is 188 Å². The monoisotopic (exact) mass is 438 g/mol. The van der Waals surface area contributed by atoms with E-state index in [1.54, 1.807) is 29.0 Å². The predicted molar refractivity (Wildman–Crippen MR) is 123 cm³/mol. The summed E-state index contributed by atoms with van der Waals surface area (Å²) in [5.41, 5.74) is 4.65. The molecule has 3 aromatic rings. The van der Waals surface area contributed by atoms with E-state index in [-0.39, 0.29) is 5.91 Å². The zero-order valence-corrected chi connectivity index (χ0v) is 18.8. The number of hydrogen-bond acceptors (Lipinski definition) is 4. The first-order valence-corrected chi connectivity index (χ1v) is 10.5. The van der Waals surface area contributed by atoms with E-state index in [4.69, 9.17) is 16.3 Å². The molecule has 31 heavy (non-hydrogen) atoms. The molecule has 0 unspecified atom stereocenters. The van der Waals surface area contributed by atoms with Crippen LogP contribution in [0.1, 0.15) is 28.1 Å². The van der Waals surface area contributed by atoms with Crippen molar-refractivity contribution in [1.29, 1.82) is 0 Å². The second-order valence-electron chi connectivity index (χ2n) is 7.34. The number of methoxy groups -OCH3 is 1. The summed E-state index contributed by atoms with van der Waals surface area (Å²) < 4.78 is 6.91. The van der Waals surface area contributed by atoms with E-state index in [1.807, 2.05) is 25.1 Å². The quantitative estimate of drug-likeness (QED) is 0.468. The number of aryl methyl sites for hydroxylation is 2. The molecule has 0 spiro atoms. The van der Waals surface area contributed by atoms with E-state index in [2.05, 4.69) is 41.3 Å². The van der Waals surface area contributed by atoms with E-state index < -0.39 is 0 Å². The summed E-state index contributed by atoms with van der Waals surface area (Å²) in [5.74, 6) is -0.135. The van der Waals surface area contributed by atoms with Crippen molar-refractivity contribution in [1.82, 2.24) is 19.7 Å². The van der Waals surface area contributed by atoms with Gasteiger partial charge in [0.25, 0.3) is 0 Å². The normalized spacial score (nSPS) is 11.2. The molecule has 1 amide bonds. The fraction of sp³-hybridized carbons (Fsp3) is 0.292. The fourth-order valence-corrected chi connectivity index (χ4v) is 3.44. The van der Waals surface area contributed by atoms with Gasteiger partial charge in [0.05, 0.1) is 31.1 Å². The standard InChI is InChI=1S/C24H27ClN4O2/c1-18-7-9-20(10-8-18)16-29-24(25)22(19(2)27-29)11-12-23(30)28(14-15-31-3)17-21-6-4-5-13-26-21/h4-13H,14-17H2,1-3H3. The van der Waals surface area contributed by atoms with Crippen LogP contribution in [0.4, 0.5) is 0 Å². The maximum absolute atomic E-state index is 12.9. The lowest BCUT2D eigenvalue weighted by Crippen LogP contribution is -2.32. The lowest BCUT2D eigenvalue weighted by atomic mass is 10.1. The Hall–Kier alpha value is -2.96. The molecule has 0 aliphatic carbocycles. The van der Waals surface area contributed by atoms with Gasteiger partial charge in [0.15, 0.2) is 0 Å². The molecule has 0 radical (unpaired) electrons. The van der Waals surface area contributed by atoms with Gasteiger partial charge in [-0.15, -0.1) is 0 Å². The first kappa shape index (κ1) is 22.7. The Morgan fingerprint density at radius 1 is 1.19 bits per heavy atom. The van der Waals surface area contributed by atoms with E-state index in [9.17, 15) is 4.79 Å². The van der Waals surface area contributed by atoms with Crippen LogP contribution >= 0.6 is 11.6 Å². The molecule has 0 saturated carbocycles. The van der Waals surface area contributed by atoms with Gasteiger partial charge >= 0.3 is 0 Å². The topological polar surface area (TPSA) is 60.2 Å². The number of amides is 1. The van der Waals surface area contributed by atoms with Gasteiger partial charge in [-0.3, -0.25) is 9.78 Å². The lowest BCUT2D eigenvalue weighted by molar-refractivity contribution is -0.127. The van der Waals surface area contributed by atoms with E-state index in [0.717, 1.165) is 22.5 Å². The van der Waals surface area contributed by atoms with Crippen LogP contribution in [0.15, 0.2) is 54.7 Å². The number of hydrogen-bond donors (Lipinski definition) is 0. The zero-order chi connectivity index (χ0) is 22.2. The first-order chi connectivity index (χ1) is 15.0. The molecule has 0 aliphatic rings. The molecule has 3 rings (SSSR count). The van der Waals surface area contributed by atoms with Crippen LogP contribution in [0.3, 0.4) is 0 Å². The van der Waals surface area contributed by atoms with Crippen LogP contribution in [0.2, 0.25) is 5.15 Å². The molecule has 7 heteroatoms. The molecule has 6 nitrogen and oxygen atoms in total. The number of pyridine rings is 1. The van der Waals surface area contributed by atoms with Gasteiger partial charge in [0, 0.05) is 31.5 Å². The average molecular weight is 439 g/mol. The third-order valence-corrected chi connectivity index (χ3v) is 5.31. The van der Waals surface area contributed by atoms with E-state index in [0.29, 0.717) is 31.4 Å². The number of nitrogens with zero attached hydrogens (tertiary/aromatic N) is 4. The summed E-state index contributed by atoms with van der Waals surface area (Å²) >= 11 is 6.58. The Morgan fingerprint density at radius 3 is 2.65 bits per heavy atom. The summed E-state index contributed by atoms with van der Waals surface area (Å²) in [6.07, 6.45) is 4.98. The molecule has 162 valence electrons. The maximum Gasteiger partial charge on any atom is 0.247 e. The first-order valence-electron chi connectivity index (χ1n) is 10.1. The second kappa shape index (κ2) is 10.9. The number of halogens is 1. The molecule has 0 N–H and O–H groups in total. The van der Waals surface area contributed by atoms with E-state index in [1.165, 1.54) is 11.6 Å². The minimum Gasteiger partial charge on any atom is -0.383 e. The van der Waals surface area contributed by atoms with Crippen LogP contribution in [0, 0.1) is 13.8 Å². The van der Waals surface area contributed by atoms with Gasteiger partial charge in [0.1, 0.15) is 5.15 Å². The molecule has 0 atom stereocenters. The molecule has 0 saturated heterocycles. The minimum atomic E-state index is -0.135. The summed E-state index contributed by atoms with van der Waals surface area (Å²) in [5, 5.41) is 5.06. The third kappa shape index (κ3) is 6.26. The molecular weight excluding hydrogens is 412 g/mol. The smallest absolute Gasteiger partial charge is 0.247 e. The SMILES string of the molecule is COCCN(Cc1ccccn1)C(=O)C=Cc1c(C)nn(Cc2ccc(C)cc2)c1Cl. The molecular formula is C24H27ClN4O2. The van der Waals surface area contributed by atoms with Crippen molar-refractivity contribution in [2.75, 3.05) is 20.3 Å². The van der Waals surface area contributed by atoms with Crippen LogP contribution in [0.5, 0.6) is 0 Å². The number of ether oxygens (including phenoxy) is 1. The van der Waals surface area contributed by atoms with Gasteiger partial charge in [0.2, 0.25) is 5.91 Å². The van der Waals surface area contributed by atoms with Crippen molar-refractivity contribution in [2.24, 2.45) is 0 Å². The molecule has 2 heterocycles. The summed E-state index contributed by atoms with van der Waals surface area (Å²) in [7, 11) is 1.62. The molecule has 0 fully saturated rings. The minimum absolute atomic E-state index is 0.135. The van der Waals surface area contributed by atoms with Crippen LogP contribution in [-0.2, 0) is 22.6 Å². The lowest BCUT2D eigenvalue weighted by Gasteiger charge is -2.20. The fourth-order valence-electron chi connectivity index (χ4n) is 3.14. The number of benzene rings is 1. The predicted octanol–water partition coefficient (Wildman–Crippen LogP) is 4.29. The van der Waals surface area contributed by atoms with Gasteiger partial charge in [-0.05, 0) is 37.6 Å². The molecule has 1 aromatic carbocycles. The second-order valence-corrected chi connectivity index (χ2v) is 7.70.